The molecule has 0 fully saturated rings. The van der Waals surface area contributed by atoms with Crippen molar-refractivity contribution >= 4 is 160 Å². The zero-order valence-corrected chi connectivity index (χ0v) is 95.0. The van der Waals surface area contributed by atoms with E-state index in [1.54, 1.807) is 60.7 Å². The van der Waals surface area contributed by atoms with Crippen molar-refractivity contribution in [2.24, 2.45) is 30.0 Å². The second-order valence-corrected chi connectivity index (χ2v) is 50.1. The summed E-state index contributed by atoms with van der Waals surface area (Å²) in [4.78, 5) is 30.2. The van der Waals surface area contributed by atoms with Crippen LogP contribution < -0.4 is 16.2 Å². The summed E-state index contributed by atoms with van der Waals surface area (Å²) >= 11 is -1.74. The van der Waals surface area contributed by atoms with Crippen LogP contribution in [0.3, 0.4) is 0 Å². The van der Waals surface area contributed by atoms with Gasteiger partial charge in [-0.1, -0.05) is 387 Å². The number of aliphatic imine (C=N–C) groups is 4. The van der Waals surface area contributed by atoms with Crippen LogP contribution in [0.5, 0.6) is 0 Å². The van der Waals surface area contributed by atoms with E-state index in [-0.39, 0.29) is 62.1 Å². The summed E-state index contributed by atoms with van der Waals surface area (Å²) in [6.45, 7) is 15.3. The fourth-order valence-corrected chi connectivity index (χ4v) is 28.4. The van der Waals surface area contributed by atoms with Crippen molar-refractivity contribution < 1.29 is 63.5 Å². The molecule has 0 spiro atoms. The third-order valence-corrected chi connectivity index (χ3v) is 37.5. The first kappa shape index (κ1) is 118. The van der Waals surface area contributed by atoms with Gasteiger partial charge in [0.25, 0.3) is 0 Å². The van der Waals surface area contributed by atoms with Gasteiger partial charge in [-0.3, -0.25) is 0 Å². The summed E-state index contributed by atoms with van der Waals surface area (Å²) < 4.78 is 125. The van der Waals surface area contributed by atoms with Crippen LogP contribution in [0.25, 0.3) is 64.6 Å². The number of hydrogen-bond acceptors (Lipinski definition) is 19. The molecule has 0 aliphatic carbocycles. The Kier molecular flexibility index (Phi) is 50.5. The molecule has 6 bridgehead atoms. The zero-order chi connectivity index (χ0) is 103. The molecule has 0 saturated carbocycles. The Labute approximate surface area is 892 Å². The van der Waals surface area contributed by atoms with E-state index in [9.17, 15) is 44.2 Å². The minimum atomic E-state index is -5.02. The maximum absolute atomic E-state index is 12.8. The normalized spacial score (nSPS) is 13.4. The van der Waals surface area contributed by atoms with Crippen molar-refractivity contribution in [1.29, 1.82) is 0 Å². The van der Waals surface area contributed by atoms with Gasteiger partial charge < -0.3 is 9.96 Å². The first-order valence-electron chi connectivity index (χ1n) is 57.6. The molecule has 4 aliphatic heterocycles. The second-order valence-electron chi connectivity index (χ2n) is 42.6. The van der Waals surface area contributed by atoms with Crippen LogP contribution in [0.4, 0.5) is 11.6 Å². The van der Waals surface area contributed by atoms with Crippen molar-refractivity contribution in [2.75, 3.05) is 26.2 Å². The van der Waals surface area contributed by atoms with Crippen LogP contribution in [0, 0.1) is 0 Å². The monoisotopic (exact) mass is 2140 g/mol. The predicted molar refractivity (Wildman–Crippen MR) is 605 cm³/mol. The van der Waals surface area contributed by atoms with E-state index in [4.69, 9.17) is 34.3 Å². The van der Waals surface area contributed by atoms with Gasteiger partial charge in [-0.25, -0.2) is 0 Å². The maximum atomic E-state index is 12.8. The molecule has 14 rings (SSSR count). The molecule has 10 aromatic rings. The molecule has 803 valence electrons. The SMILES string of the molecule is CCCCCCCCCCCCCCCCCC[N+](CCCCCCCCCCCCCCCCCC)(CCCCCCCCCCCCCCCCCC)CCCCCCCCCCCCCCCCCC.O.O=S(=O)([O-])c1cccc2cc3c(cc12)C1=Nc2c4cc5cccc(S(=O)(=O)[O-])c5cc4c4[n]2[Ga][n]2c(c5cc6cccc(S(=O)(=O)[O-])c6cc5c2=NC3=N1)=NC1=NC(=N4)c2cc3cccc(SOO[O-])c3cc21. The van der Waals surface area contributed by atoms with Gasteiger partial charge in [0, 0.05) is 0 Å². The average Bonchev–Trinajstić information content (AvgIpc) is 1.55. The first-order valence-corrected chi connectivity index (χ1v) is 64.7. The van der Waals surface area contributed by atoms with E-state index in [1.807, 2.05) is 24.7 Å². The minimum absolute atomic E-state index is 0. The van der Waals surface area contributed by atoms with Crippen LogP contribution in [-0.4, -0.2) is 123 Å². The Bertz CT molecular complexity index is 6320. The topological polar surface area (TPSA) is 329 Å². The van der Waals surface area contributed by atoms with Gasteiger partial charge in [-0.2, -0.15) is 0 Å². The van der Waals surface area contributed by atoms with Gasteiger partial charge >= 0.3 is 424 Å². The number of aromatic nitrogens is 2. The van der Waals surface area contributed by atoms with Crippen molar-refractivity contribution in [3.63, 3.8) is 0 Å². The number of amidine groups is 4. The molecule has 2 N–H and O–H groups in total. The van der Waals surface area contributed by atoms with Crippen molar-refractivity contribution in [3.8, 4) is 0 Å². The third kappa shape index (κ3) is 35.4. The number of nitrogens with zero attached hydrogens (tertiary/aromatic N) is 9. The number of unbranched alkanes of at least 4 members (excludes halogenated alkanes) is 60. The Hall–Kier alpha value is -7.32. The molecule has 2 aromatic heterocycles. The Morgan fingerprint density at radius 3 is 0.816 bits per heavy atom. The summed E-state index contributed by atoms with van der Waals surface area (Å²) in [6.07, 6.45) is 94.7. The number of hydrogen-bond donors (Lipinski definition) is 0. The fraction of sp³-hybridized carbons (Fsp3) is 0.600. The van der Waals surface area contributed by atoms with E-state index in [0.717, 1.165) is 0 Å². The fourth-order valence-electron chi connectivity index (χ4n) is 22.8. The molecular weight excluding hydrogens is 1970 g/mol. The molecule has 4 aliphatic rings. The Morgan fingerprint density at radius 1 is 0.272 bits per heavy atom. The van der Waals surface area contributed by atoms with Crippen molar-refractivity contribution in [3.05, 3.63) is 155 Å². The van der Waals surface area contributed by atoms with E-state index >= 15 is 0 Å². The summed E-state index contributed by atoms with van der Waals surface area (Å²) in [5.74, 6) is 1.07. The molecule has 0 unspecified atom stereocenters. The number of quaternary nitrogens is 1. The van der Waals surface area contributed by atoms with Gasteiger partial charge in [-0.15, -0.1) is 0 Å². The molecule has 1 radical (unpaired) electrons. The number of benzene rings is 8. The van der Waals surface area contributed by atoms with Gasteiger partial charge in [-0.05, 0) is 51.4 Å². The first-order chi connectivity index (χ1) is 71.2. The zero-order valence-electron chi connectivity index (χ0n) is 89.3. The molecular formula is C120H170GaN9O13S4-3. The van der Waals surface area contributed by atoms with Gasteiger partial charge in [0.1, 0.15) is 0 Å². The molecule has 27 heteroatoms. The Balaban J connectivity index is 0.000000260. The summed E-state index contributed by atoms with van der Waals surface area (Å²) in [5.41, 5.74) is 2.28. The van der Waals surface area contributed by atoms with Gasteiger partial charge in [0.15, 0.2) is 0 Å². The molecule has 0 saturated heterocycles. The third-order valence-electron chi connectivity index (χ3n) is 31.2. The summed E-state index contributed by atoms with van der Waals surface area (Å²) in [5, 5.41) is 19.1. The molecule has 8 aromatic carbocycles. The molecule has 0 atom stereocenters. The standard InChI is InChI=1S/C72H148N.C48H24N8O12S4.Ga.H2O/c1-5-9-13-17-21-25-29-33-37-41-45-49-53-57-61-65-69-73(70-66-62-58-54-50-46-42-38-34-30-26-22-18-14-10-6-2,71-67-63-59-55-51-47-43-39-35-31-27-23-19-15-11-7-3)72-68-64-60-56-52-48-44-40-36-32-28-24-20-16-12-8-4;57-67-68-69-37-9-1-5-21-13-29-33(17-25(21)37)45-49-41(29)51-46-35-19-27-23(7-3-11-39(27)71(61,62)63)15-31(35)43(53-46)55-48-36-20-28-24(8-4-12-40(28)72(64,65)66)16-32(36)44(56-48)54-47-34-18-26-22(14-30(34)42(50-45)52-47)6-2-10-38(26)70(58,59)60;;/h5-72H2,1-4H3;1-20H,(H4-2,49,50,51,52,53,54,55,56,57,58,59,60,61,62,63,64,65,66);;1H2/q+1;-2;+2;/p-4. The number of rotatable bonds is 74. The average molecular weight is 2140 g/mol. The van der Waals surface area contributed by atoms with Crippen molar-refractivity contribution in [1.82, 2.24) is 6.55 Å². The second kappa shape index (κ2) is 62.7. The van der Waals surface area contributed by atoms with Gasteiger partial charge in [0.05, 0.1) is 26.2 Å². The van der Waals surface area contributed by atoms with E-state index in [0.29, 0.717) is 93.2 Å². The molecule has 22 nitrogen and oxygen atoms in total. The Morgan fingerprint density at radius 2 is 0.510 bits per heavy atom. The van der Waals surface area contributed by atoms with E-state index in [2.05, 4.69) is 32.7 Å². The summed E-state index contributed by atoms with van der Waals surface area (Å²) in [6, 6.07) is 31.7. The molecule has 6 heterocycles. The molecule has 147 heavy (non-hydrogen) atoms. The number of fused-ring (bicyclic) bond motifs is 18. The van der Waals surface area contributed by atoms with Gasteiger partial charge in [0.2, 0.25) is 0 Å². The van der Waals surface area contributed by atoms with Crippen molar-refractivity contribution in [2.45, 2.75) is 458 Å². The van der Waals surface area contributed by atoms with Crippen LogP contribution in [0.15, 0.2) is 171 Å². The van der Waals surface area contributed by atoms with Crippen LogP contribution in [0.2, 0.25) is 0 Å². The predicted octanol–water partition coefficient (Wildman–Crippen LogP) is 31.1. The molecule has 0 amide bonds. The van der Waals surface area contributed by atoms with E-state index in [1.165, 1.54) is 484 Å². The summed E-state index contributed by atoms with van der Waals surface area (Å²) in [7, 11) is -15.0. The quantitative estimate of drug-likeness (QED) is 0.00651. The van der Waals surface area contributed by atoms with E-state index < -0.39 is 62.9 Å². The van der Waals surface area contributed by atoms with Crippen LogP contribution in [-0.2, 0) is 39.7 Å². The van der Waals surface area contributed by atoms with Crippen LogP contribution in [0.1, 0.15) is 461 Å². The van der Waals surface area contributed by atoms with Crippen LogP contribution >= 0.6 is 12.0 Å².